The Hall–Kier alpha value is -2.40. The SMILES string of the molecule is CN(C)CCCNC(=O)c1ccnc(Nc2ccccc2)c1. The Kier molecular flexibility index (Phi) is 5.91. The minimum absolute atomic E-state index is 0.0720. The molecule has 0 aliphatic rings. The van der Waals surface area contributed by atoms with Gasteiger partial charge in [-0.05, 0) is 51.3 Å². The van der Waals surface area contributed by atoms with Gasteiger partial charge >= 0.3 is 0 Å². The molecule has 22 heavy (non-hydrogen) atoms. The first kappa shape index (κ1) is 16.0. The lowest BCUT2D eigenvalue weighted by molar-refractivity contribution is 0.0952. The highest BCUT2D eigenvalue weighted by Gasteiger charge is 2.06. The number of carbonyl (C=O) groups is 1. The molecule has 5 nitrogen and oxygen atoms in total. The summed E-state index contributed by atoms with van der Waals surface area (Å²) in [5.41, 5.74) is 1.55. The fraction of sp³-hybridized carbons (Fsp3) is 0.294. The van der Waals surface area contributed by atoms with E-state index in [-0.39, 0.29) is 5.91 Å². The molecule has 1 aromatic heterocycles. The lowest BCUT2D eigenvalue weighted by Crippen LogP contribution is -2.27. The number of nitrogens with zero attached hydrogens (tertiary/aromatic N) is 2. The first-order valence-corrected chi connectivity index (χ1v) is 7.36. The number of anilines is 2. The first-order valence-electron chi connectivity index (χ1n) is 7.36. The van der Waals surface area contributed by atoms with E-state index >= 15 is 0 Å². The van der Waals surface area contributed by atoms with E-state index in [2.05, 4.69) is 20.5 Å². The number of hydrogen-bond donors (Lipinski definition) is 2. The summed E-state index contributed by atoms with van der Waals surface area (Å²) in [6.07, 6.45) is 2.57. The van der Waals surface area contributed by atoms with Gasteiger partial charge in [-0.1, -0.05) is 18.2 Å². The minimum Gasteiger partial charge on any atom is -0.352 e. The van der Waals surface area contributed by atoms with Gasteiger partial charge in [-0.2, -0.15) is 0 Å². The molecule has 1 amide bonds. The molecule has 2 N–H and O–H groups in total. The maximum absolute atomic E-state index is 12.1. The van der Waals surface area contributed by atoms with Crippen LogP contribution in [0.3, 0.4) is 0 Å². The number of nitrogens with one attached hydrogen (secondary N) is 2. The summed E-state index contributed by atoms with van der Waals surface area (Å²) >= 11 is 0. The van der Waals surface area contributed by atoms with Crippen LogP contribution in [-0.4, -0.2) is 43.0 Å². The number of hydrogen-bond acceptors (Lipinski definition) is 4. The van der Waals surface area contributed by atoms with E-state index in [9.17, 15) is 4.79 Å². The second-order valence-corrected chi connectivity index (χ2v) is 5.33. The number of carbonyl (C=O) groups excluding carboxylic acids is 1. The predicted molar refractivity (Wildman–Crippen MR) is 89.5 cm³/mol. The van der Waals surface area contributed by atoms with Crippen molar-refractivity contribution in [2.24, 2.45) is 0 Å². The van der Waals surface area contributed by atoms with Crippen molar-refractivity contribution in [2.45, 2.75) is 6.42 Å². The van der Waals surface area contributed by atoms with Gasteiger partial charge in [-0.25, -0.2) is 4.98 Å². The van der Waals surface area contributed by atoms with Crippen molar-refractivity contribution in [1.82, 2.24) is 15.2 Å². The van der Waals surface area contributed by atoms with Crippen LogP contribution in [0.15, 0.2) is 48.7 Å². The minimum atomic E-state index is -0.0720. The lowest BCUT2D eigenvalue weighted by Gasteiger charge is -2.10. The molecule has 0 spiro atoms. The van der Waals surface area contributed by atoms with Crippen molar-refractivity contribution in [3.63, 3.8) is 0 Å². The number of aromatic nitrogens is 1. The number of pyridine rings is 1. The van der Waals surface area contributed by atoms with Gasteiger partial charge in [0, 0.05) is 24.0 Å². The molecule has 0 fully saturated rings. The van der Waals surface area contributed by atoms with Gasteiger partial charge in [0.2, 0.25) is 0 Å². The largest absolute Gasteiger partial charge is 0.352 e. The summed E-state index contributed by atoms with van der Waals surface area (Å²) in [7, 11) is 4.04. The van der Waals surface area contributed by atoms with E-state index in [1.54, 1.807) is 18.3 Å². The summed E-state index contributed by atoms with van der Waals surface area (Å²) in [4.78, 5) is 18.5. The van der Waals surface area contributed by atoms with Gasteiger partial charge in [0.05, 0.1) is 0 Å². The van der Waals surface area contributed by atoms with Crippen LogP contribution in [0.5, 0.6) is 0 Å². The van der Waals surface area contributed by atoms with Crippen molar-refractivity contribution in [3.05, 3.63) is 54.2 Å². The molecule has 0 saturated carbocycles. The number of rotatable bonds is 7. The molecule has 0 unspecified atom stereocenters. The molecule has 0 bridgehead atoms. The molecule has 0 saturated heterocycles. The molecule has 1 aromatic carbocycles. The molecular weight excluding hydrogens is 276 g/mol. The standard InChI is InChI=1S/C17H22N4O/c1-21(2)12-6-10-19-17(22)14-9-11-18-16(13-14)20-15-7-4-3-5-8-15/h3-5,7-9,11,13H,6,10,12H2,1-2H3,(H,18,20)(H,19,22). The third kappa shape index (κ3) is 5.18. The van der Waals surface area contributed by atoms with Crippen LogP contribution in [-0.2, 0) is 0 Å². The molecule has 0 aliphatic carbocycles. The highest BCUT2D eigenvalue weighted by molar-refractivity contribution is 5.94. The van der Waals surface area contributed by atoms with Gasteiger partial charge in [-0.3, -0.25) is 4.79 Å². The summed E-state index contributed by atoms with van der Waals surface area (Å²) in [6.45, 7) is 1.62. The van der Waals surface area contributed by atoms with Gasteiger partial charge in [0.15, 0.2) is 0 Å². The molecule has 0 atom stereocenters. The van der Waals surface area contributed by atoms with E-state index < -0.39 is 0 Å². The van der Waals surface area contributed by atoms with Crippen LogP contribution in [0.2, 0.25) is 0 Å². The first-order chi connectivity index (χ1) is 10.6. The fourth-order valence-corrected chi connectivity index (χ4v) is 2.01. The average molecular weight is 298 g/mol. The molecule has 5 heteroatoms. The monoisotopic (exact) mass is 298 g/mol. The van der Waals surface area contributed by atoms with Crippen molar-refractivity contribution in [2.75, 3.05) is 32.5 Å². The summed E-state index contributed by atoms with van der Waals surface area (Å²) in [6, 6.07) is 13.2. The highest BCUT2D eigenvalue weighted by Crippen LogP contribution is 2.14. The van der Waals surface area contributed by atoms with Crippen molar-refractivity contribution >= 4 is 17.4 Å². The van der Waals surface area contributed by atoms with Crippen LogP contribution in [0.25, 0.3) is 0 Å². The number of amides is 1. The zero-order chi connectivity index (χ0) is 15.8. The molecular formula is C17H22N4O. The molecule has 0 radical (unpaired) electrons. The second-order valence-electron chi connectivity index (χ2n) is 5.33. The average Bonchev–Trinajstić information content (AvgIpc) is 2.52. The Morgan fingerprint density at radius 1 is 1.18 bits per heavy atom. The van der Waals surface area contributed by atoms with E-state index in [1.165, 1.54) is 0 Å². The van der Waals surface area contributed by atoms with E-state index in [1.807, 2.05) is 44.4 Å². The third-order valence-corrected chi connectivity index (χ3v) is 3.14. The van der Waals surface area contributed by atoms with Crippen LogP contribution in [0.1, 0.15) is 16.8 Å². The smallest absolute Gasteiger partial charge is 0.251 e. The summed E-state index contributed by atoms with van der Waals surface area (Å²) < 4.78 is 0. The maximum Gasteiger partial charge on any atom is 0.251 e. The molecule has 0 aliphatic heterocycles. The second kappa shape index (κ2) is 8.14. The zero-order valence-corrected chi connectivity index (χ0v) is 13.0. The van der Waals surface area contributed by atoms with E-state index in [4.69, 9.17) is 0 Å². The Morgan fingerprint density at radius 3 is 2.68 bits per heavy atom. The van der Waals surface area contributed by atoms with Crippen LogP contribution in [0.4, 0.5) is 11.5 Å². The van der Waals surface area contributed by atoms with Crippen molar-refractivity contribution in [1.29, 1.82) is 0 Å². The zero-order valence-electron chi connectivity index (χ0n) is 13.0. The van der Waals surface area contributed by atoms with Gasteiger partial charge in [0.25, 0.3) is 5.91 Å². The third-order valence-electron chi connectivity index (χ3n) is 3.14. The van der Waals surface area contributed by atoms with Gasteiger partial charge in [0.1, 0.15) is 5.82 Å². The van der Waals surface area contributed by atoms with Crippen molar-refractivity contribution in [3.8, 4) is 0 Å². The maximum atomic E-state index is 12.1. The molecule has 116 valence electrons. The van der Waals surface area contributed by atoms with Crippen LogP contribution < -0.4 is 10.6 Å². The Labute approximate surface area is 131 Å². The molecule has 2 rings (SSSR count). The van der Waals surface area contributed by atoms with Gasteiger partial charge in [-0.15, -0.1) is 0 Å². The Morgan fingerprint density at radius 2 is 1.95 bits per heavy atom. The summed E-state index contributed by atoms with van der Waals surface area (Å²) in [5.74, 6) is 0.587. The van der Waals surface area contributed by atoms with E-state index in [0.29, 0.717) is 17.9 Å². The number of benzene rings is 1. The fourth-order valence-electron chi connectivity index (χ4n) is 2.01. The van der Waals surface area contributed by atoms with Crippen molar-refractivity contribution < 1.29 is 4.79 Å². The summed E-state index contributed by atoms with van der Waals surface area (Å²) in [5, 5.41) is 6.11. The quantitative estimate of drug-likeness (QED) is 0.771. The lowest BCUT2D eigenvalue weighted by atomic mass is 10.2. The topological polar surface area (TPSA) is 57.3 Å². The molecule has 1 heterocycles. The van der Waals surface area contributed by atoms with Crippen LogP contribution in [0, 0.1) is 0 Å². The highest BCUT2D eigenvalue weighted by atomic mass is 16.1. The van der Waals surface area contributed by atoms with Gasteiger partial charge < -0.3 is 15.5 Å². The number of para-hydroxylation sites is 1. The normalized spacial score (nSPS) is 10.5. The van der Waals surface area contributed by atoms with E-state index in [0.717, 1.165) is 18.7 Å². The van der Waals surface area contributed by atoms with Crippen LogP contribution >= 0.6 is 0 Å². The Balaban J connectivity index is 1.91. The Bertz CT molecular complexity index is 599. The predicted octanol–water partition coefficient (Wildman–Crippen LogP) is 2.51. The molecule has 2 aromatic rings.